The van der Waals surface area contributed by atoms with Crippen molar-refractivity contribution < 1.29 is 0 Å². The monoisotopic (exact) mass is 259 g/mol. The number of hydrogen-bond acceptors (Lipinski definition) is 1. The fourth-order valence-corrected chi connectivity index (χ4v) is 2.16. The second kappa shape index (κ2) is 6.09. The van der Waals surface area contributed by atoms with E-state index >= 15 is 0 Å². The Morgan fingerprint density at radius 2 is 2.00 bits per heavy atom. The van der Waals surface area contributed by atoms with Gasteiger partial charge in [0.15, 0.2) is 5.96 Å². The molecule has 1 aromatic rings. The van der Waals surface area contributed by atoms with Gasteiger partial charge >= 0.3 is 0 Å². The van der Waals surface area contributed by atoms with Gasteiger partial charge in [0.1, 0.15) is 0 Å². The number of aliphatic imine (C=N–C) groups is 1. The number of guanidine groups is 1. The smallest absolute Gasteiger partial charge is 0.194 e. The van der Waals surface area contributed by atoms with Crippen LogP contribution in [-0.2, 0) is 6.54 Å². The molecule has 0 amide bonds. The molecule has 3 heteroatoms. The van der Waals surface area contributed by atoms with E-state index in [-0.39, 0.29) is 0 Å². The highest BCUT2D eigenvalue weighted by Gasteiger charge is 2.33. The maximum absolute atomic E-state index is 4.58. The van der Waals surface area contributed by atoms with Crippen molar-refractivity contribution in [1.82, 2.24) is 10.2 Å². The summed E-state index contributed by atoms with van der Waals surface area (Å²) in [5.41, 5.74) is 2.63. The van der Waals surface area contributed by atoms with Crippen molar-refractivity contribution in [2.45, 2.75) is 39.8 Å². The predicted molar refractivity (Wildman–Crippen MR) is 81.3 cm³/mol. The zero-order valence-corrected chi connectivity index (χ0v) is 12.5. The molecule has 1 aromatic carbocycles. The number of nitrogens with one attached hydrogen (secondary N) is 1. The molecule has 0 bridgehead atoms. The number of benzene rings is 1. The third kappa shape index (κ3) is 3.98. The van der Waals surface area contributed by atoms with Crippen LogP contribution < -0.4 is 5.32 Å². The van der Waals surface area contributed by atoms with Crippen LogP contribution in [0.3, 0.4) is 0 Å². The lowest BCUT2D eigenvalue weighted by Gasteiger charge is -2.22. The fraction of sp³-hybridized carbons (Fsp3) is 0.562. The summed E-state index contributed by atoms with van der Waals surface area (Å²) in [6.45, 7) is 8.20. The van der Waals surface area contributed by atoms with Crippen molar-refractivity contribution >= 4 is 5.96 Å². The molecule has 1 aliphatic rings. The first kappa shape index (κ1) is 13.9. The van der Waals surface area contributed by atoms with E-state index in [1.165, 1.54) is 17.5 Å². The second-order valence-electron chi connectivity index (χ2n) is 5.60. The van der Waals surface area contributed by atoms with E-state index in [0.29, 0.717) is 6.04 Å². The topological polar surface area (TPSA) is 27.6 Å². The quantitative estimate of drug-likeness (QED) is 0.665. The molecule has 1 fully saturated rings. The summed E-state index contributed by atoms with van der Waals surface area (Å²) in [4.78, 5) is 6.79. The van der Waals surface area contributed by atoms with E-state index in [1.54, 1.807) is 0 Å². The minimum Gasteiger partial charge on any atom is -0.353 e. The van der Waals surface area contributed by atoms with Crippen LogP contribution in [-0.4, -0.2) is 30.5 Å². The van der Waals surface area contributed by atoms with Gasteiger partial charge in [0.25, 0.3) is 0 Å². The zero-order valence-electron chi connectivity index (χ0n) is 12.5. The van der Waals surface area contributed by atoms with Crippen molar-refractivity contribution in [1.29, 1.82) is 0 Å². The van der Waals surface area contributed by atoms with Crippen LogP contribution in [0.5, 0.6) is 0 Å². The van der Waals surface area contributed by atoms with Gasteiger partial charge in [-0.25, -0.2) is 0 Å². The number of hydrogen-bond donors (Lipinski definition) is 1. The van der Waals surface area contributed by atoms with E-state index in [0.717, 1.165) is 25.0 Å². The highest BCUT2D eigenvalue weighted by molar-refractivity contribution is 5.80. The van der Waals surface area contributed by atoms with Crippen LogP contribution in [0.4, 0.5) is 0 Å². The van der Waals surface area contributed by atoms with Crippen molar-refractivity contribution in [3.63, 3.8) is 0 Å². The molecule has 0 aliphatic heterocycles. The van der Waals surface area contributed by atoms with E-state index in [9.17, 15) is 0 Å². The Kier molecular flexibility index (Phi) is 4.46. The average molecular weight is 259 g/mol. The molecule has 3 nitrogen and oxygen atoms in total. The van der Waals surface area contributed by atoms with Gasteiger partial charge in [-0.3, -0.25) is 4.99 Å². The van der Waals surface area contributed by atoms with Gasteiger partial charge in [0.2, 0.25) is 0 Å². The third-order valence-corrected chi connectivity index (χ3v) is 3.63. The van der Waals surface area contributed by atoms with Gasteiger partial charge in [-0.15, -0.1) is 0 Å². The van der Waals surface area contributed by atoms with Crippen molar-refractivity contribution in [2.75, 3.05) is 13.6 Å². The van der Waals surface area contributed by atoms with E-state index in [2.05, 4.69) is 67.3 Å². The predicted octanol–water partition coefficient (Wildman–Crippen LogP) is 2.80. The molecular formula is C16H25N3. The van der Waals surface area contributed by atoms with Crippen molar-refractivity contribution in [3.05, 3.63) is 35.4 Å². The summed E-state index contributed by atoms with van der Waals surface area (Å²) < 4.78 is 0. The summed E-state index contributed by atoms with van der Waals surface area (Å²) in [6, 6.07) is 9.32. The lowest BCUT2D eigenvalue weighted by Crippen LogP contribution is -2.40. The largest absolute Gasteiger partial charge is 0.353 e. The molecule has 19 heavy (non-hydrogen) atoms. The standard InChI is InChI=1S/C16H25N3/c1-5-17-16(18-15-10-13(15)3)19(4)11-14-8-6-12(2)7-9-14/h6-9,13,15H,5,10-11H2,1-4H3,(H,17,18). The Morgan fingerprint density at radius 1 is 1.37 bits per heavy atom. The summed E-state index contributed by atoms with van der Waals surface area (Å²) in [6.07, 6.45) is 1.26. The maximum Gasteiger partial charge on any atom is 0.194 e. The summed E-state index contributed by atoms with van der Waals surface area (Å²) in [7, 11) is 2.11. The molecule has 2 atom stereocenters. The van der Waals surface area contributed by atoms with Crippen LogP contribution in [0.25, 0.3) is 0 Å². The second-order valence-corrected chi connectivity index (χ2v) is 5.60. The number of rotatable bonds is 4. The Morgan fingerprint density at radius 3 is 2.53 bits per heavy atom. The first-order valence-electron chi connectivity index (χ1n) is 7.17. The third-order valence-electron chi connectivity index (χ3n) is 3.63. The molecule has 0 aromatic heterocycles. The van der Waals surface area contributed by atoms with E-state index in [1.807, 2.05) is 0 Å². The number of aryl methyl sites for hydroxylation is 1. The fourth-order valence-electron chi connectivity index (χ4n) is 2.16. The minimum absolute atomic E-state index is 0.616. The lowest BCUT2D eigenvalue weighted by atomic mass is 10.1. The molecule has 1 N–H and O–H groups in total. The Labute approximate surface area is 116 Å². The normalized spacial score (nSPS) is 22.2. The van der Waals surface area contributed by atoms with Gasteiger partial charge in [-0.1, -0.05) is 36.8 Å². The molecule has 1 aliphatic carbocycles. The van der Waals surface area contributed by atoms with Crippen molar-refractivity contribution in [3.8, 4) is 0 Å². The van der Waals surface area contributed by atoms with Gasteiger partial charge in [-0.05, 0) is 31.7 Å². The van der Waals surface area contributed by atoms with Gasteiger partial charge in [0.05, 0.1) is 0 Å². The van der Waals surface area contributed by atoms with Crippen LogP contribution in [0.15, 0.2) is 29.3 Å². The summed E-state index contributed by atoms with van der Waals surface area (Å²) in [5.74, 6) is 1.81. The van der Waals surface area contributed by atoms with Crippen LogP contribution in [0.2, 0.25) is 0 Å². The Hall–Kier alpha value is -1.51. The maximum atomic E-state index is 4.58. The van der Waals surface area contributed by atoms with Gasteiger partial charge in [-0.2, -0.15) is 0 Å². The van der Waals surface area contributed by atoms with Gasteiger partial charge < -0.3 is 10.2 Å². The minimum atomic E-state index is 0.616. The summed E-state index contributed by atoms with van der Waals surface area (Å²) in [5, 5.41) is 3.55. The van der Waals surface area contributed by atoms with E-state index in [4.69, 9.17) is 0 Å². The zero-order chi connectivity index (χ0) is 13.8. The first-order valence-corrected chi connectivity index (χ1v) is 7.17. The van der Waals surface area contributed by atoms with Crippen LogP contribution in [0.1, 0.15) is 31.4 Å². The Bertz CT molecular complexity index is 436. The molecule has 0 heterocycles. The van der Waals surface area contributed by atoms with E-state index < -0.39 is 0 Å². The lowest BCUT2D eigenvalue weighted by molar-refractivity contribution is 0.473. The molecule has 1 saturated carbocycles. The molecule has 104 valence electrons. The highest BCUT2D eigenvalue weighted by atomic mass is 15.3. The van der Waals surface area contributed by atoms with Crippen LogP contribution in [0, 0.1) is 12.8 Å². The van der Waals surface area contributed by atoms with Crippen molar-refractivity contribution in [2.24, 2.45) is 10.9 Å². The molecule has 0 radical (unpaired) electrons. The molecular weight excluding hydrogens is 234 g/mol. The molecule has 2 unspecified atom stereocenters. The highest BCUT2D eigenvalue weighted by Crippen LogP contribution is 2.29. The molecule has 0 spiro atoms. The SMILES string of the molecule is CCN=C(NC1CC1C)N(C)Cc1ccc(C)cc1. The first-order chi connectivity index (χ1) is 9.10. The van der Waals surface area contributed by atoms with Crippen LogP contribution >= 0.6 is 0 Å². The average Bonchev–Trinajstić information content (AvgIpc) is 3.07. The Balaban J connectivity index is 1.96. The molecule has 0 saturated heterocycles. The summed E-state index contributed by atoms with van der Waals surface area (Å²) >= 11 is 0. The molecule has 2 rings (SSSR count). The number of nitrogens with zero attached hydrogens (tertiary/aromatic N) is 2. The van der Waals surface area contributed by atoms with Gasteiger partial charge in [0, 0.05) is 26.2 Å².